The van der Waals surface area contributed by atoms with Crippen LogP contribution in [0.4, 0.5) is 0 Å². The van der Waals surface area contributed by atoms with E-state index in [-0.39, 0.29) is 13.2 Å². The number of esters is 1. The summed E-state index contributed by atoms with van der Waals surface area (Å²) in [6, 6.07) is 8.91. The zero-order chi connectivity index (χ0) is 11.8. The van der Waals surface area contributed by atoms with Crippen LogP contribution in [0.5, 0.6) is 0 Å². The van der Waals surface area contributed by atoms with Gasteiger partial charge in [0.2, 0.25) is 0 Å². The number of benzene rings is 1. The summed E-state index contributed by atoms with van der Waals surface area (Å²) in [6.07, 6.45) is 0.919. The molecule has 1 aromatic carbocycles. The van der Waals surface area contributed by atoms with Gasteiger partial charge in [-0.2, -0.15) is 0 Å². The summed E-state index contributed by atoms with van der Waals surface area (Å²) in [5, 5.41) is 8.53. The molecule has 1 atom stereocenters. The molecule has 4 nitrogen and oxygen atoms in total. The van der Waals surface area contributed by atoms with Gasteiger partial charge in [0, 0.05) is 13.0 Å². The van der Waals surface area contributed by atoms with Gasteiger partial charge in [-0.25, -0.2) is 0 Å². The zero-order valence-corrected chi connectivity index (χ0v) is 9.13. The van der Waals surface area contributed by atoms with Gasteiger partial charge >= 0.3 is 5.97 Å². The van der Waals surface area contributed by atoms with Crippen LogP contribution in [0.15, 0.2) is 30.3 Å². The SMILES string of the molecule is N[C@@H](Cc1ccccc1)C(=O)OCCCO. The second kappa shape index (κ2) is 6.98. The number of carbonyl (C=O) groups is 1. The minimum absolute atomic E-state index is 0.0151. The van der Waals surface area contributed by atoms with Crippen molar-refractivity contribution < 1.29 is 14.6 Å². The van der Waals surface area contributed by atoms with Crippen LogP contribution >= 0.6 is 0 Å². The molecule has 0 unspecified atom stereocenters. The Morgan fingerprint density at radius 1 is 1.38 bits per heavy atom. The van der Waals surface area contributed by atoms with Crippen LogP contribution in [-0.2, 0) is 16.0 Å². The number of hydrogen-bond acceptors (Lipinski definition) is 4. The summed E-state index contributed by atoms with van der Waals surface area (Å²) in [5.41, 5.74) is 6.70. The molecule has 4 heteroatoms. The lowest BCUT2D eigenvalue weighted by atomic mass is 10.1. The molecular formula is C12H17NO3. The van der Waals surface area contributed by atoms with Crippen LogP contribution < -0.4 is 5.73 Å². The van der Waals surface area contributed by atoms with E-state index in [0.29, 0.717) is 12.8 Å². The highest BCUT2D eigenvalue weighted by Gasteiger charge is 2.14. The predicted molar refractivity (Wildman–Crippen MR) is 60.8 cm³/mol. The summed E-state index contributed by atoms with van der Waals surface area (Å²) >= 11 is 0. The van der Waals surface area contributed by atoms with E-state index in [1.54, 1.807) is 0 Å². The maximum atomic E-state index is 11.4. The summed E-state index contributed by atoms with van der Waals surface area (Å²) in [6.45, 7) is 0.235. The van der Waals surface area contributed by atoms with Crippen LogP contribution in [0, 0.1) is 0 Å². The van der Waals surface area contributed by atoms with E-state index in [0.717, 1.165) is 5.56 Å². The first kappa shape index (κ1) is 12.7. The van der Waals surface area contributed by atoms with Crippen molar-refractivity contribution in [3.8, 4) is 0 Å². The molecule has 16 heavy (non-hydrogen) atoms. The molecule has 0 saturated heterocycles. The third-order valence-electron chi connectivity index (χ3n) is 2.15. The third-order valence-corrected chi connectivity index (χ3v) is 2.15. The summed E-state index contributed by atoms with van der Waals surface area (Å²) < 4.78 is 4.89. The number of nitrogens with two attached hydrogens (primary N) is 1. The Morgan fingerprint density at radius 3 is 2.69 bits per heavy atom. The van der Waals surface area contributed by atoms with Gasteiger partial charge in [-0.05, 0) is 12.0 Å². The Bertz CT molecular complexity index is 313. The Balaban J connectivity index is 2.34. The van der Waals surface area contributed by atoms with Crippen LogP contribution in [0.1, 0.15) is 12.0 Å². The Morgan fingerprint density at radius 2 is 2.06 bits per heavy atom. The van der Waals surface area contributed by atoms with Gasteiger partial charge in [-0.3, -0.25) is 4.79 Å². The van der Waals surface area contributed by atoms with Gasteiger partial charge in [0.15, 0.2) is 0 Å². The molecule has 0 aliphatic heterocycles. The minimum Gasteiger partial charge on any atom is -0.464 e. The first-order valence-electron chi connectivity index (χ1n) is 5.31. The van der Waals surface area contributed by atoms with Gasteiger partial charge in [0.25, 0.3) is 0 Å². The van der Waals surface area contributed by atoms with Crippen molar-refractivity contribution in [3.63, 3.8) is 0 Å². The highest BCUT2D eigenvalue weighted by atomic mass is 16.5. The largest absolute Gasteiger partial charge is 0.464 e. The Labute approximate surface area is 95.0 Å². The number of hydrogen-bond donors (Lipinski definition) is 2. The highest BCUT2D eigenvalue weighted by molar-refractivity contribution is 5.75. The molecule has 0 fully saturated rings. The molecule has 1 rings (SSSR count). The second-order valence-corrected chi connectivity index (χ2v) is 3.54. The molecule has 0 aromatic heterocycles. The standard InChI is InChI=1S/C12H17NO3/c13-11(12(15)16-8-4-7-14)9-10-5-2-1-3-6-10/h1-3,5-6,11,14H,4,7-9,13H2/t11-/m0/s1. The molecule has 0 radical (unpaired) electrons. The first-order chi connectivity index (χ1) is 7.74. The Hall–Kier alpha value is -1.39. The van der Waals surface area contributed by atoms with Gasteiger partial charge in [0.1, 0.15) is 6.04 Å². The third kappa shape index (κ3) is 4.42. The lowest BCUT2D eigenvalue weighted by Gasteiger charge is -2.11. The molecular weight excluding hydrogens is 206 g/mol. The normalized spacial score (nSPS) is 12.1. The second-order valence-electron chi connectivity index (χ2n) is 3.54. The molecule has 0 saturated carbocycles. The molecule has 0 aliphatic rings. The number of ether oxygens (including phenoxy) is 1. The van der Waals surface area contributed by atoms with Crippen LogP contribution in [0.25, 0.3) is 0 Å². The van der Waals surface area contributed by atoms with E-state index in [1.165, 1.54) is 0 Å². The van der Waals surface area contributed by atoms with E-state index in [9.17, 15) is 4.79 Å². The Kier molecular flexibility index (Phi) is 5.53. The van der Waals surface area contributed by atoms with E-state index < -0.39 is 12.0 Å². The average Bonchev–Trinajstić information content (AvgIpc) is 2.30. The first-order valence-corrected chi connectivity index (χ1v) is 5.31. The van der Waals surface area contributed by atoms with Gasteiger partial charge in [0.05, 0.1) is 6.61 Å². The summed E-state index contributed by atoms with van der Waals surface area (Å²) in [5.74, 6) is -0.419. The van der Waals surface area contributed by atoms with Crippen molar-refractivity contribution in [3.05, 3.63) is 35.9 Å². The smallest absolute Gasteiger partial charge is 0.323 e. The maximum absolute atomic E-state index is 11.4. The minimum atomic E-state index is -0.638. The van der Waals surface area contributed by atoms with Crippen molar-refractivity contribution in [2.45, 2.75) is 18.9 Å². The fourth-order valence-corrected chi connectivity index (χ4v) is 1.30. The van der Waals surface area contributed by atoms with E-state index >= 15 is 0 Å². The number of carbonyl (C=O) groups excluding carboxylic acids is 1. The van der Waals surface area contributed by atoms with Crippen molar-refractivity contribution >= 4 is 5.97 Å². The van der Waals surface area contributed by atoms with E-state index in [1.807, 2.05) is 30.3 Å². The topological polar surface area (TPSA) is 72.6 Å². The quantitative estimate of drug-likeness (QED) is 0.543. The number of rotatable bonds is 6. The predicted octanol–water partition coefficient (Wildman–Crippen LogP) is 0.482. The van der Waals surface area contributed by atoms with Crippen LogP contribution in [-0.4, -0.2) is 30.3 Å². The molecule has 0 aliphatic carbocycles. The molecule has 88 valence electrons. The van der Waals surface area contributed by atoms with Crippen LogP contribution in [0.3, 0.4) is 0 Å². The summed E-state index contributed by atoms with van der Waals surface area (Å²) in [7, 11) is 0. The molecule has 1 aromatic rings. The monoisotopic (exact) mass is 223 g/mol. The van der Waals surface area contributed by atoms with E-state index in [2.05, 4.69) is 0 Å². The summed E-state index contributed by atoms with van der Waals surface area (Å²) in [4.78, 5) is 11.4. The van der Waals surface area contributed by atoms with Crippen molar-refractivity contribution in [1.29, 1.82) is 0 Å². The molecule has 0 amide bonds. The molecule has 0 bridgehead atoms. The maximum Gasteiger partial charge on any atom is 0.323 e. The van der Waals surface area contributed by atoms with Gasteiger partial charge in [-0.1, -0.05) is 30.3 Å². The zero-order valence-electron chi connectivity index (χ0n) is 9.13. The van der Waals surface area contributed by atoms with Gasteiger partial charge < -0.3 is 15.6 Å². The van der Waals surface area contributed by atoms with Crippen molar-refractivity contribution in [1.82, 2.24) is 0 Å². The fraction of sp³-hybridized carbons (Fsp3) is 0.417. The van der Waals surface area contributed by atoms with E-state index in [4.69, 9.17) is 15.6 Å². The number of aliphatic hydroxyl groups excluding tert-OH is 1. The number of aliphatic hydroxyl groups is 1. The van der Waals surface area contributed by atoms with Crippen molar-refractivity contribution in [2.24, 2.45) is 5.73 Å². The highest BCUT2D eigenvalue weighted by Crippen LogP contribution is 2.03. The van der Waals surface area contributed by atoms with Crippen LogP contribution in [0.2, 0.25) is 0 Å². The fourth-order valence-electron chi connectivity index (χ4n) is 1.30. The van der Waals surface area contributed by atoms with Crippen molar-refractivity contribution in [2.75, 3.05) is 13.2 Å². The molecule has 0 spiro atoms. The lowest BCUT2D eigenvalue weighted by Crippen LogP contribution is -2.34. The lowest BCUT2D eigenvalue weighted by molar-refractivity contribution is -0.145. The average molecular weight is 223 g/mol. The molecule has 0 heterocycles. The van der Waals surface area contributed by atoms with Gasteiger partial charge in [-0.15, -0.1) is 0 Å². The molecule has 3 N–H and O–H groups in total.